The minimum absolute atomic E-state index is 0.877. The molecule has 1 unspecified atom stereocenters. The lowest BCUT2D eigenvalue weighted by atomic mass is 10.1. The summed E-state index contributed by atoms with van der Waals surface area (Å²) < 4.78 is 0. The summed E-state index contributed by atoms with van der Waals surface area (Å²) in [5, 5.41) is 0. The van der Waals surface area contributed by atoms with Crippen LogP contribution in [-0.2, 0) is 0 Å². The van der Waals surface area contributed by atoms with Crippen LogP contribution in [0.5, 0.6) is 0 Å². The molecule has 0 fully saturated rings. The van der Waals surface area contributed by atoms with Crippen molar-refractivity contribution < 1.29 is 0 Å². The van der Waals surface area contributed by atoms with Crippen molar-refractivity contribution in [2.24, 2.45) is 0 Å². The highest BCUT2D eigenvalue weighted by Crippen LogP contribution is 2.37. The van der Waals surface area contributed by atoms with Crippen molar-refractivity contribution in [3.8, 4) is 0 Å². The van der Waals surface area contributed by atoms with E-state index in [0.29, 0.717) is 0 Å². The monoisotopic (exact) mass is 380 g/mol. The van der Waals surface area contributed by atoms with Crippen LogP contribution in [0.3, 0.4) is 0 Å². The van der Waals surface area contributed by atoms with Gasteiger partial charge in [0.25, 0.3) is 0 Å². The van der Waals surface area contributed by atoms with Crippen molar-refractivity contribution in [2.45, 2.75) is 101 Å². The molecule has 0 saturated heterocycles. The predicted molar refractivity (Wildman–Crippen MR) is 120 cm³/mol. The van der Waals surface area contributed by atoms with Crippen LogP contribution in [0.15, 0.2) is 35.2 Å². The first-order chi connectivity index (χ1) is 11.3. The molecule has 0 aromatic heterocycles. The summed E-state index contributed by atoms with van der Waals surface area (Å²) in [6, 6.07) is 11.1. The SMILES string of the molecule is CCCCCCCCCC(Sc1ccccc1)[Si](C)(C)[Si](C)(C)C. The number of benzene rings is 1. The van der Waals surface area contributed by atoms with Gasteiger partial charge in [0, 0.05) is 17.4 Å². The molecule has 1 aromatic carbocycles. The molecule has 0 radical (unpaired) electrons. The Balaban J connectivity index is 2.59. The van der Waals surface area contributed by atoms with E-state index >= 15 is 0 Å². The molecule has 0 aliphatic heterocycles. The summed E-state index contributed by atoms with van der Waals surface area (Å²) in [5.74, 6) is 0. The van der Waals surface area contributed by atoms with Gasteiger partial charge in [-0.1, -0.05) is 103 Å². The first kappa shape index (κ1) is 22.0. The molecule has 3 heteroatoms. The fourth-order valence-corrected chi connectivity index (χ4v) is 14.4. The third-order valence-corrected chi connectivity index (χ3v) is 28.1. The Bertz CT molecular complexity index is 437. The fraction of sp³-hybridized carbons (Fsp3) is 0.714. The van der Waals surface area contributed by atoms with Gasteiger partial charge in [0.2, 0.25) is 0 Å². The summed E-state index contributed by atoms with van der Waals surface area (Å²) in [4.78, 5) is 2.35. The van der Waals surface area contributed by atoms with Gasteiger partial charge in [-0.3, -0.25) is 0 Å². The van der Waals surface area contributed by atoms with E-state index < -0.39 is 15.2 Å². The lowest BCUT2D eigenvalue weighted by Gasteiger charge is -2.42. The van der Waals surface area contributed by atoms with Gasteiger partial charge in [0.1, 0.15) is 0 Å². The zero-order chi connectivity index (χ0) is 18.1. The first-order valence-electron chi connectivity index (χ1n) is 10.0. The van der Waals surface area contributed by atoms with Crippen LogP contribution in [0.1, 0.15) is 58.3 Å². The Kier molecular flexibility index (Phi) is 9.99. The molecular weight excluding hydrogens is 340 g/mol. The van der Waals surface area contributed by atoms with Gasteiger partial charge in [0.15, 0.2) is 0 Å². The van der Waals surface area contributed by atoms with Crippen LogP contribution < -0.4 is 0 Å². The van der Waals surface area contributed by atoms with Gasteiger partial charge in [-0.25, -0.2) is 0 Å². The highest BCUT2D eigenvalue weighted by atomic mass is 32.2. The van der Waals surface area contributed by atoms with E-state index in [4.69, 9.17) is 0 Å². The van der Waals surface area contributed by atoms with Crippen molar-refractivity contribution in [1.29, 1.82) is 0 Å². The summed E-state index contributed by atoms with van der Waals surface area (Å²) in [6.45, 7) is 15.4. The van der Waals surface area contributed by atoms with Crippen LogP contribution in [0, 0.1) is 0 Å². The third kappa shape index (κ3) is 7.49. The van der Waals surface area contributed by atoms with E-state index in [-0.39, 0.29) is 0 Å². The smallest absolute Gasteiger partial charge is 0.0561 e. The van der Waals surface area contributed by atoms with E-state index in [2.05, 4.69) is 81.8 Å². The quantitative estimate of drug-likeness (QED) is 0.201. The zero-order valence-corrected chi connectivity index (χ0v) is 19.8. The lowest BCUT2D eigenvalue weighted by molar-refractivity contribution is 0.582. The molecule has 0 aliphatic rings. The van der Waals surface area contributed by atoms with Crippen LogP contribution in [-0.4, -0.2) is 20.1 Å². The van der Waals surface area contributed by atoms with E-state index in [1.165, 1.54) is 56.3 Å². The molecule has 0 aliphatic carbocycles. The van der Waals surface area contributed by atoms with E-state index in [1.807, 2.05) is 0 Å². The largest absolute Gasteiger partial charge is 0.126 e. The maximum absolute atomic E-state index is 2.67. The van der Waals surface area contributed by atoms with Gasteiger partial charge in [-0.2, -0.15) is 0 Å². The van der Waals surface area contributed by atoms with Crippen molar-refractivity contribution >= 4 is 26.9 Å². The van der Waals surface area contributed by atoms with E-state index in [9.17, 15) is 0 Å². The van der Waals surface area contributed by atoms with Gasteiger partial charge in [-0.15, -0.1) is 11.8 Å². The zero-order valence-electron chi connectivity index (χ0n) is 17.0. The molecule has 0 nitrogen and oxygen atoms in total. The van der Waals surface area contributed by atoms with Gasteiger partial charge in [-0.05, 0) is 18.6 Å². The maximum atomic E-state index is 2.67. The Morgan fingerprint density at radius 1 is 0.792 bits per heavy atom. The molecule has 1 aromatic rings. The highest BCUT2D eigenvalue weighted by molar-refractivity contribution is 8.02. The normalized spacial score (nSPS) is 13.9. The number of thioether (sulfide) groups is 1. The van der Waals surface area contributed by atoms with Crippen LogP contribution in [0.2, 0.25) is 32.7 Å². The summed E-state index contributed by atoms with van der Waals surface area (Å²) in [7, 11) is -2.27. The van der Waals surface area contributed by atoms with Crippen LogP contribution in [0.4, 0.5) is 0 Å². The number of hydrogen-bond acceptors (Lipinski definition) is 1. The Morgan fingerprint density at radius 3 is 1.88 bits per heavy atom. The van der Waals surface area contributed by atoms with Crippen LogP contribution >= 0.6 is 11.8 Å². The highest BCUT2D eigenvalue weighted by Gasteiger charge is 2.43. The summed E-state index contributed by atoms with van der Waals surface area (Å²) in [6.07, 6.45) is 11.4. The number of rotatable bonds is 12. The average Bonchev–Trinajstić information content (AvgIpc) is 2.52. The minimum Gasteiger partial charge on any atom is -0.126 e. The van der Waals surface area contributed by atoms with Gasteiger partial charge >= 0.3 is 0 Å². The third-order valence-electron chi connectivity index (χ3n) is 5.83. The van der Waals surface area contributed by atoms with Crippen LogP contribution in [0.25, 0.3) is 0 Å². The summed E-state index contributed by atoms with van der Waals surface area (Å²) >= 11 is 2.19. The Hall–Kier alpha value is 0.00377. The molecule has 0 N–H and O–H groups in total. The number of hydrogen-bond donors (Lipinski definition) is 0. The molecule has 0 spiro atoms. The average molecular weight is 381 g/mol. The fourth-order valence-electron chi connectivity index (χ4n) is 3.00. The summed E-state index contributed by atoms with van der Waals surface area (Å²) in [5.41, 5.74) is 0. The van der Waals surface area contributed by atoms with Gasteiger partial charge in [0.05, 0.1) is 7.59 Å². The minimum atomic E-state index is -1.20. The van der Waals surface area contributed by atoms with Crippen molar-refractivity contribution in [3.63, 3.8) is 0 Å². The van der Waals surface area contributed by atoms with E-state index in [1.54, 1.807) is 0 Å². The molecule has 1 atom stereocenters. The Morgan fingerprint density at radius 2 is 1.33 bits per heavy atom. The molecule has 0 bridgehead atoms. The number of unbranched alkanes of at least 4 members (excludes halogenated alkanes) is 6. The molecule has 24 heavy (non-hydrogen) atoms. The van der Waals surface area contributed by atoms with Crippen molar-refractivity contribution in [3.05, 3.63) is 30.3 Å². The molecule has 138 valence electrons. The van der Waals surface area contributed by atoms with Crippen molar-refractivity contribution in [1.82, 2.24) is 0 Å². The molecule has 0 amide bonds. The molecule has 0 saturated carbocycles. The second-order valence-corrected chi connectivity index (χ2v) is 27.5. The first-order valence-corrected chi connectivity index (χ1v) is 18.5. The predicted octanol–water partition coefficient (Wildman–Crippen LogP) is 7.95. The second kappa shape index (κ2) is 10.9. The Labute approximate surface area is 158 Å². The van der Waals surface area contributed by atoms with Gasteiger partial charge < -0.3 is 0 Å². The maximum Gasteiger partial charge on any atom is 0.0561 e. The van der Waals surface area contributed by atoms with Crippen molar-refractivity contribution in [2.75, 3.05) is 0 Å². The lowest BCUT2D eigenvalue weighted by Crippen LogP contribution is -2.59. The van der Waals surface area contributed by atoms with E-state index in [0.717, 1.165) is 4.87 Å². The molecule has 0 heterocycles. The standard InChI is InChI=1S/C21H40SSi2/c1-7-8-9-10-11-12-16-19-21(24(5,6)23(2,3)4)22-20-17-14-13-15-18-20/h13-15,17-18,21H,7-12,16,19H2,1-6H3. The molecular formula is C21H40SSi2. The second-order valence-electron chi connectivity index (χ2n) is 8.80. The molecule has 1 rings (SSSR count). The topological polar surface area (TPSA) is 0 Å².